The quantitative estimate of drug-likeness (QED) is 0.461. The van der Waals surface area contributed by atoms with Gasteiger partial charge in [-0.05, 0) is 44.2 Å². The van der Waals surface area contributed by atoms with Crippen molar-refractivity contribution in [3.63, 3.8) is 0 Å². The predicted molar refractivity (Wildman–Crippen MR) is 122 cm³/mol. The van der Waals surface area contributed by atoms with Gasteiger partial charge in [0.25, 0.3) is 5.91 Å². The molecule has 0 spiro atoms. The van der Waals surface area contributed by atoms with Gasteiger partial charge in [0.2, 0.25) is 5.91 Å². The molecule has 158 valence electrons. The molecule has 0 unspecified atom stereocenters. The van der Waals surface area contributed by atoms with Gasteiger partial charge in [-0.1, -0.05) is 0 Å². The highest BCUT2D eigenvalue weighted by Gasteiger charge is 2.13. The predicted octanol–water partition coefficient (Wildman–Crippen LogP) is 3.96. The number of aromatic nitrogens is 4. The van der Waals surface area contributed by atoms with Crippen LogP contribution in [0.2, 0.25) is 0 Å². The second-order valence-corrected chi connectivity index (χ2v) is 8.94. The Bertz CT molecular complexity index is 1240. The number of hydrogen-bond acceptors (Lipinski definition) is 7. The molecule has 0 radical (unpaired) electrons. The highest BCUT2D eigenvalue weighted by molar-refractivity contribution is 7.17. The number of carbonyl (C=O) groups excluding carboxylic acids is 2. The maximum atomic E-state index is 12.6. The van der Waals surface area contributed by atoms with Gasteiger partial charge in [0.1, 0.15) is 0 Å². The molecule has 31 heavy (non-hydrogen) atoms. The fourth-order valence-electron chi connectivity index (χ4n) is 2.94. The van der Waals surface area contributed by atoms with Gasteiger partial charge in [-0.15, -0.1) is 22.7 Å². The maximum Gasteiger partial charge on any atom is 0.259 e. The van der Waals surface area contributed by atoms with Crippen molar-refractivity contribution in [3.8, 4) is 16.4 Å². The molecule has 10 heteroatoms. The number of carbonyl (C=O) groups is 2. The van der Waals surface area contributed by atoms with Crippen LogP contribution in [0.3, 0.4) is 0 Å². The Morgan fingerprint density at radius 3 is 2.68 bits per heavy atom. The molecule has 0 saturated heterocycles. The number of aryl methyl sites for hydroxylation is 2. The topological polar surface area (TPSA) is 102 Å². The van der Waals surface area contributed by atoms with Crippen LogP contribution in [0.1, 0.15) is 33.5 Å². The lowest BCUT2D eigenvalue weighted by atomic mass is 10.2. The molecule has 2 N–H and O–H groups in total. The summed E-state index contributed by atoms with van der Waals surface area (Å²) in [4.78, 5) is 34.5. The van der Waals surface area contributed by atoms with E-state index in [2.05, 4.69) is 25.7 Å². The number of nitrogens with one attached hydrogen (secondary N) is 2. The summed E-state index contributed by atoms with van der Waals surface area (Å²) in [5.74, 6) is 0.322. The summed E-state index contributed by atoms with van der Waals surface area (Å²) in [7, 11) is 0. The van der Waals surface area contributed by atoms with Crippen LogP contribution < -0.4 is 10.6 Å². The standard InChI is InChI=1S/C21H20N6O2S2/c1-12-8-13(2)27(26-12)19-7-4-15(9-23-19)20(29)25-21-24-17(11-30-21)18-6-5-16(31-18)10-22-14(3)28/h4-9,11H,10H2,1-3H3,(H,22,28)(H,24,25,29). The minimum atomic E-state index is -0.272. The number of rotatable bonds is 6. The molecule has 0 fully saturated rings. The van der Waals surface area contributed by atoms with Gasteiger partial charge in [0.05, 0.1) is 28.4 Å². The van der Waals surface area contributed by atoms with E-state index in [-0.39, 0.29) is 11.8 Å². The third kappa shape index (κ3) is 4.86. The lowest BCUT2D eigenvalue weighted by molar-refractivity contribution is -0.119. The van der Waals surface area contributed by atoms with Gasteiger partial charge >= 0.3 is 0 Å². The molecule has 0 aliphatic heterocycles. The first-order valence-corrected chi connectivity index (χ1v) is 11.2. The van der Waals surface area contributed by atoms with E-state index in [0.717, 1.165) is 26.8 Å². The zero-order valence-electron chi connectivity index (χ0n) is 17.2. The van der Waals surface area contributed by atoms with Crippen LogP contribution in [-0.2, 0) is 11.3 Å². The second kappa shape index (κ2) is 8.78. The first-order valence-electron chi connectivity index (χ1n) is 9.49. The van der Waals surface area contributed by atoms with E-state index in [4.69, 9.17) is 0 Å². The average Bonchev–Trinajstić information content (AvgIpc) is 3.46. The number of nitrogens with zero attached hydrogens (tertiary/aromatic N) is 4. The number of hydrogen-bond donors (Lipinski definition) is 2. The normalized spacial score (nSPS) is 10.8. The average molecular weight is 453 g/mol. The molecule has 8 nitrogen and oxygen atoms in total. The Morgan fingerprint density at radius 2 is 2.00 bits per heavy atom. The molecule has 0 bridgehead atoms. The Labute approximate surface area is 187 Å². The van der Waals surface area contributed by atoms with E-state index >= 15 is 0 Å². The van der Waals surface area contributed by atoms with E-state index in [0.29, 0.717) is 23.1 Å². The van der Waals surface area contributed by atoms with Crippen LogP contribution in [0.5, 0.6) is 0 Å². The summed E-state index contributed by atoms with van der Waals surface area (Å²) in [6, 6.07) is 9.38. The van der Waals surface area contributed by atoms with Crippen LogP contribution in [0.4, 0.5) is 5.13 Å². The summed E-state index contributed by atoms with van der Waals surface area (Å²) < 4.78 is 1.74. The molecule has 0 saturated carbocycles. The van der Waals surface area contributed by atoms with Crippen molar-refractivity contribution < 1.29 is 9.59 Å². The van der Waals surface area contributed by atoms with Crippen molar-refractivity contribution in [3.05, 3.63) is 63.7 Å². The minimum Gasteiger partial charge on any atom is -0.351 e. The fourth-order valence-corrected chi connectivity index (χ4v) is 4.63. The zero-order chi connectivity index (χ0) is 22.0. The lowest BCUT2D eigenvalue weighted by Crippen LogP contribution is -2.17. The summed E-state index contributed by atoms with van der Waals surface area (Å²) in [6.45, 7) is 5.87. The summed E-state index contributed by atoms with van der Waals surface area (Å²) in [5, 5.41) is 12.4. The Hall–Kier alpha value is -3.37. The Balaban J connectivity index is 1.42. The van der Waals surface area contributed by atoms with Gasteiger partial charge in [0.15, 0.2) is 10.9 Å². The van der Waals surface area contributed by atoms with Crippen molar-refractivity contribution in [1.82, 2.24) is 25.1 Å². The Kier molecular flexibility index (Phi) is 5.92. The first kappa shape index (κ1) is 20.9. The van der Waals surface area contributed by atoms with Crippen LogP contribution in [0, 0.1) is 13.8 Å². The number of pyridine rings is 1. The second-order valence-electron chi connectivity index (χ2n) is 6.91. The van der Waals surface area contributed by atoms with Crippen molar-refractivity contribution in [2.75, 3.05) is 5.32 Å². The number of thiazole rings is 1. The fraction of sp³-hybridized carbons (Fsp3) is 0.190. The minimum absolute atomic E-state index is 0.0639. The van der Waals surface area contributed by atoms with Gasteiger partial charge < -0.3 is 5.32 Å². The molecule has 2 amide bonds. The van der Waals surface area contributed by atoms with E-state index in [1.54, 1.807) is 28.2 Å². The van der Waals surface area contributed by atoms with Crippen LogP contribution in [0.15, 0.2) is 41.9 Å². The molecule has 0 atom stereocenters. The van der Waals surface area contributed by atoms with Crippen molar-refractivity contribution >= 4 is 39.6 Å². The lowest BCUT2D eigenvalue weighted by Gasteiger charge is -2.05. The maximum absolute atomic E-state index is 12.6. The smallest absolute Gasteiger partial charge is 0.259 e. The van der Waals surface area contributed by atoms with Crippen molar-refractivity contribution in [1.29, 1.82) is 0 Å². The molecule has 0 aromatic carbocycles. The SMILES string of the molecule is CC(=O)NCc1ccc(-c2csc(NC(=O)c3ccc(-n4nc(C)cc4C)nc3)n2)s1. The van der Waals surface area contributed by atoms with Crippen LogP contribution in [0.25, 0.3) is 16.4 Å². The van der Waals surface area contributed by atoms with Gasteiger partial charge in [-0.25, -0.2) is 14.6 Å². The van der Waals surface area contributed by atoms with Gasteiger partial charge in [-0.3, -0.25) is 14.9 Å². The van der Waals surface area contributed by atoms with Crippen molar-refractivity contribution in [2.45, 2.75) is 27.3 Å². The summed E-state index contributed by atoms with van der Waals surface area (Å²) in [5.41, 5.74) is 3.12. The van der Waals surface area contributed by atoms with Crippen LogP contribution >= 0.6 is 22.7 Å². The van der Waals surface area contributed by atoms with Gasteiger partial charge in [-0.2, -0.15) is 5.10 Å². The van der Waals surface area contributed by atoms with Crippen molar-refractivity contribution in [2.24, 2.45) is 0 Å². The molecular formula is C21H20N6O2S2. The summed E-state index contributed by atoms with van der Waals surface area (Å²) >= 11 is 2.92. The first-order chi connectivity index (χ1) is 14.9. The van der Waals surface area contributed by atoms with Crippen LogP contribution in [-0.4, -0.2) is 31.6 Å². The largest absolute Gasteiger partial charge is 0.351 e. The number of amides is 2. The monoisotopic (exact) mass is 452 g/mol. The number of thiophene rings is 1. The molecule has 0 aliphatic carbocycles. The molecular weight excluding hydrogens is 432 g/mol. The molecule has 4 heterocycles. The highest BCUT2D eigenvalue weighted by Crippen LogP contribution is 2.31. The third-order valence-electron chi connectivity index (χ3n) is 4.39. The van der Waals surface area contributed by atoms with E-state index in [1.165, 1.54) is 24.5 Å². The molecule has 0 aliphatic rings. The van der Waals surface area contributed by atoms with E-state index < -0.39 is 0 Å². The summed E-state index contributed by atoms with van der Waals surface area (Å²) in [6.07, 6.45) is 1.53. The number of anilines is 1. The Morgan fingerprint density at radius 1 is 1.16 bits per heavy atom. The third-order valence-corrected chi connectivity index (χ3v) is 6.25. The van der Waals surface area contributed by atoms with Gasteiger partial charge in [0, 0.05) is 29.1 Å². The zero-order valence-corrected chi connectivity index (χ0v) is 18.8. The molecule has 4 aromatic heterocycles. The van der Waals surface area contributed by atoms with E-state index in [1.807, 2.05) is 37.4 Å². The van der Waals surface area contributed by atoms with E-state index in [9.17, 15) is 9.59 Å². The highest BCUT2D eigenvalue weighted by atomic mass is 32.1. The molecule has 4 aromatic rings. The molecule has 4 rings (SSSR count).